The van der Waals surface area contributed by atoms with Crippen LogP contribution in [0.1, 0.15) is 11.1 Å². The summed E-state index contributed by atoms with van der Waals surface area (Å²) in [5.41, 5.74) is 3.14. The summed E-state index contributed by atoms with van der Waals surface area (Å²) < 4.78 is 0. The van der Waals surface area contributed by atoms with E-state index in [1.165, 1.54) is 18.2 Å². The van der Waals surface area contributed by atoms with E-state index < -0.39 is 8.07 Å². The summed E-state index contributed by atoms with van der Waals surface area (Å²) in [6.07, 6.45) is 2.48. The zero-order valence-corrected chi connectivity index (χ0v) is 11.3. The first-order valence-corrected chi connectivity index (χ1v) is 9.61. The molecule has 82 valence electrons. The Bertz CT molecular complexity index is 561. The van der Waals surface area contributed by atoms with Crippen molar-refractivity contribution in [3.63, 3.8) is 0 Å². The molecular formula is C15H18Si. The van der Waals surface area contributed by atoms with Crippen LogP contribution < -0.4 is 5.19 Å². The van der Waals surface area contributed by atoms with E-state index in [0.717, 1.165) is 0 Å². The Morgan fingerprint density at radius 1 is 0.938 bits per heavy atom. The molecule has 0 nitrogen and oxygen atoms in total. The number of rotatable bonds is 1. The molecule has 0 aromatic heterocycles. The summed E-state index contributed by atoms with van der Waals surface area (Å²) in [4.78, 5) is 0. The van der Waals surface area contributed by atoms with Crippen molar-refractivity contribution in [3.05, 3.63) is 41.5 Å². The zero-order chi connectivity index (χ0) is 11.3. The second-order valence-corrected chi connectivity index (χ2v) is 11.0. The number of hydrogen-bond donors (Lipinski definition) is 0. The van der Waals surface area contributed by atoms with Crippen LogP contribution in [-0.2, 0) is 12.8 Å². The highest BCUT2D eigenvalue weighted by Gasteiger charge is 2.21. The van der Waals surface area contributed by atoms with E-state index in [0.29, 0.717) is 0 Å². The molecular weight excluding hydrogens is 208 g/mol. The summed E-state index contributed by atoms with van der Waals surface area (Å²) in [6, 6.07) is 11.7. The monoisotopic (exact) mass is 226 g/mol. The SMILES string of the molecule is C[Si](C)(C)c1cc2c3c(cccc3c1)CC2. The molecule has 1 aliphatic carbocycles. The second-order valence-electron chi connectivity index (χ2n) is 5.90. The lowest BCUT2D eigenvalue weighted by atomic mass is 10.1. The largest absolute Gasteiger partial charge is 0.0776 e. The van der Waals surface area contributed by atoms with Crippen LogP contribution in [0.15, 0.2) is 30.3 Å². The van der Waals surface area contributed by atoms with Gasteiger partial charge in [-0.2, -0.15) is 0 Å². The molecule has 0 radical (unpaired) electrons. The van der Waals surface area contributed by atoms with Crippen LogP contribution >= 0.6 is 0 Å². The number of aryl methyl sites for hydroxylation is 2. The first-order chi connectivity index (χ1) is 7.55. The molecule has 0 spiro atoms. The molecule has 0 unspecified atom stereocenters. The molecule has 0 saturated carbocycles. The van der Waals surface area contributed by atoms with Crippen molar-refractivity contribution >= 4 is 24.0 Å². The van der Waals surface area contributed by atoms with Crippen molar-refractivity contribution in [1.82, 2.24) is 0 Å². The molecule has 0 bridgehead atoms. The van der Waals surface area contributed by atoms with Crippen molar-refractivity contribution in [2.24, 2.45) is 0 Å². The van der Waals surface area contributed by atoms with E-state index in [4.69, 9.17) is 0 Å². The van der Waals surface area contributed by atoms with Gasteiger partial charge in [-0.25, -0.2) is 0 Å². The summed E-state index contributed by atoms with van der Waals surface area (Å²) in [6.45, 7) is 7.29. The first kappa shape index (κ1) is 10.1. The minimum atomic E-state index is -1.18. The highest BCUT2D eigenvalue weighted by atomic mass is 28.3. The van der Waals surface area contributed by atoms with Gasteiger partial charge in [-0.15, -0.1) is 0 Å². The van der Waals surface area contributed by atoms with Gasteiger partial charge >= 0.3 is 0 Å². The summed E-state index contributed by atoms with van der Waals surface area (Å²) in [5, 5.41) is 4.61. The Balaban J connectivity index is 2.35. The van der Waals surface area contributed by atoms with Crippen LogP contribution in [0.3, 0.4) is 0 Å². The molecule has 2 aromatic carbocycles. The van der Waals surface area contributed by atoms with E-state index in [2.05, 4.69) is 50.0 Å². The number of hydrogen-bond acceptors (Lipinski definition) is 0. The lowest BCUT2D eigenvalue weighted by molar-refractivity contribution is 1.02. The van der Waals surface area contributed by atoms with Crippen molar-refractivity contribution in [3.8, 4) is 0 Å². The fourth-order valence-corrected chi connectivity index (χ4v) is 3.90. The highest BCUT2D eigenvalue weighted by Crippen LogP contribution is 2.30. The van der Waals surface area contributed by atoms with Crippen molar-refractivity contribution < 1.29 is 0 Å². The number of benzene rings is 2. The van der Waals surface area contributed by atoms with Gasteiger partial charge in [0, 0.05) is 0 Å². The minimum absolute atomic E-state index is 1.18. The first-order valence-electron chi connectivity index (χ1n) is 6.11. The van der Waals surface area contributed by atoms with Gasteiger partial charge in [0.1, 0.15) is 0 Å². The minimum Gasteiger partial charge on any atom is -0.0656 e. The molecule has 3 rings (SSSR count). The quantitative estimate of drug-likeness (QED) is 0.653. The Kier molecular flexibility index (Phi) is 2.02. The molecule has 0 atom stereocenters. The maximum atomic E-state index is 2.48. The Morgan fingerprint density at radius 2 is 1.69 bits per heavy atom. The lowest BCUT2D eigenvalue weighted by Crippen LogP contribution is -2.37. The third kappa shape index (κ3) is 1.42. The van der Waals surface area contributed by atoms with Gasteiger partial charge in [0.2, 0.25) is 0 Å². The van der Waals surface area contributed by atoms with E-state index in [1.54, 1.807) is 21.7 Å². The van der Waals surface area contributed by atoms with Gasteiger partial charge < -0.3 is 0 Å². The van der Waals surface area contributed by atoms with E-state index in [1.807, 2.05) is 0 Å². The summed E-state index contributed by atoms with van der Waals surface area (Å²) >= 11 is 0. The fourth-order valence-electron chi connectivity index (χ4n) is 2.71. The highest BCUT2D eigenvalue weighted by molar-refractivity contribution is 6.88. The van der Waals surface area contributed by atoms with Crippen molar-refractivity contribution in [1.29, 1.82) is 0 Å². The normalized spacial score (nSPS) is 14.7. The smallest absolute Gasteiger partial charge is 0.0656 e. The molecule has 1 heteroatoms. The third-order valence-corrected chi connectivity index (χ3v) is 5.70. The Hall–Kier alpha value is -1.08. The fraction of sp³-hybridized carbons (Fsp3) is 0.333. The van der Waals surface area contributed by atoms with Crippen LogP contribution in [0.4, 0.5) is 0 Å². The average Bonchev–Trinajstić information content (AvgIpc) is 2.62. The third-order valence-electron chi connectivity index (χ3n) is 3.67. The standard InChI is InChI=1S/C15H18Si/c1-16(2,3)14-9-12-6-4-5-11-7-8-13(10-14)15(11)12/h4-6,9-10H,7-8H2,1-3H3. The predicted octanol–water partition coefficient (Wildman–Crippen LogP) is 3.48. The molecule has 2 aromatic rings. The van der Waals surface area contributed by atoms with Crippen LogP contribution in [0.2, 0.25) is 19.6 Å². The molecule has 1 aliphatic rings. The summed E-state index contributed by atoms with van der Waals surface area (Å²) in [7, 11) is -1.18. The maximum Gasteiger partial charge on any atom is 0.0776 e. The molecule has 0 saturated heterocycles. The predicted molar refractivity (Wildman–Crippen MR) is 74.3 cm³/mol. The molecule has 0 amide bonds. The van der Waals surface area contributed by atoms with Gasteiger partial charge in [-0.1, -0.05) is 55.2 Å². The Morgan fingerprint density at radius 3 is 2.44 bits per heavy atom. The topological polar surface area (TPSA) is 0 Å². The summed E-state index contributed by atoms with van der Waals surface area (Å²) in [5.74, 6) is 0. The second kappa shape index (κ2) is 3.20. The van der Waals surface area contributed by atoms with Crippen molar-refractivity contribution in [2.45, 2.75) is 32.5 Å². The van der Waals surface area contributed by atoms with Crippen LogP contribution in [0, 0.1) is 0 Å². The van der Waals surface area contributed by atoms with Crippen LogP contribution in [-0.4, -0.2) is 8.07 Å². The molecule has 0 heterocycles. The van der Waals surface area contributed by atoms with E-state index >= 15 is 0 Å². The molecule has 0 N–H and O–H groups in total. The average molecular weight is 226 g/mol. The van der Waals surface area contributed by atoms with E-state index in [-0.39, 0.29) is 0 Å². The Labute approximate surface area is 98.3 Å². The lowest BCUT2D eigenvalue weighted by Gasteiger charge is -2.18. The maximum absolute atomic E-state index is 2.48. The van der Waals surface area contributed by atoms with Crippen LogP contribution in [0.5, 0.6) is 0 Å². The zero-order valence-electron chi connectivity index (χ0n) is 10.3. The molecule has 0 aliphatic heterocycles. The van der Waals surface area contributed by atoms with E-state index in [9.17, 15) is 0 Å². The van der Waals surface area contributed by atoms with Gasteiger partial charge in [0.15, 0.2) is 0 Å². The van der Waals surface area contributed by atoms with Gasteiger partial charge in [0.05, 0.1) is 8.07 Å². The molecule has 0 fully saturated rings. The van der Waals surface area contributed by atoms with Crippen LogP contribution in [0.25, 0.3) is 10.8 Å². The van der Waals surface area contributed by atoms with Gasteiger partial charge in [-0.05, 0) is 34.7 Å². The van der Waals surface area contributed by atoms with Crippen molar-refractivity contribution in [2.75, 3.05) is 0 Å². The van der Waals surface area contributed by atoms with Gasteiger partial charge in [-0.3, -0.25) is 0 Å². The molecule has 16 heavy (non-hydrogen) atoms. The van der Waals surface area contributed by atoms with Gasteiger partial charge in [0.25, 0.3) is 0 Å².